The first-order valence-corrected chi connectivity index (χ1v) is 9.68. The van der Waals surface area contributed by atoms with E-state index in [9.17, 15) is 9.59 Å². The standard InChI is InChI=1S/C20H18N4O3S/c1-3-10-24-19(26)14-7-5-4-6-13(14)17(23-24)18(25)22-20-21-15-9-8-12(27-2)11-16(15)28-20/h4-9,11H,3,10H2,1-2H3,(H,21,22,25). The number of benzene rings is 2. The Morgan fingerprint density at radius 2 is 2.00 bits per heavy atom. The SMILES string of the molecule is CCCn1nc(C(=O)Nc2nc3ccc(OC)cc3s2)c2ccccc2c1=O. The van der Waals surface area contributed by atoms with Crippen molar-refractivity contribution in [2.75, 3.05) is 12.4 Å². The molecule has 0 bridgehead atoms. The van der Waals surface area contributed by atoms with Crippen LogP contribution < -0.4 is 15.6 Å². The van der Waals surface area contributed by atoms with Crippen LogP contribution in [0.4, 0.5) is 5.13 Å². The minimum Gasteiger partial charge on any atom is -0.497 e. The van der Waals surface area contributed by atoms with Gasteiger partial charge in [-0.15, -0.1) is 0 Å². The average molecular weight is 394 g/mol. The number of aryl methyl sites for hydroxylation is 1. The lowest BCUT2D eigenvalue weighted by Gasteiger charge is -2.09. The van der Waals surface area contributed by atoms with Gasteiger partial charge in [0.25, 0.3) is 11.5 Å². The van der Waals surface area contributed by atoms with Crippen molar-refractivity contribution in [3.63, 3.8) is 0 Å². The van der Waals surface area contributed by atoms with E-state index in [4.69, 9.17) is 4.74 Å². The van der Waals surface area contributed by atoms with Crippen molar-refractivity contribution in [3.05, 3.63) is 58.5 Å². The fraction of sp³-hybridized carbons (Fsp3) is 0.200. The first kappa shape index (κ1) is 18.1. The summed E-state index contributed by atoms with van der Waals surface area (Å²) in [4.78, 5) is 30.0. The fourth-order valence-electron chi connectivity index (χ4n) is 3.01. The molecule has 0 aliphatic carbocycles. The van der Waals surface area contributed by atoms with Crippen LogP contribution in [0.1, 0.15) is 23.8 Å². The van der Waals surface area contributed by atoms with Gasteiger partial charge in [0.2, 0.25) is 0 Å². The molecule has 2 heterocycles. The van der Waals surface area contributed by atoms with Gasteiger partial charge in [-0.25, -0.2) is 9.67 Å². The highest BCUT2D eigenvalue weighted by atomic mass is 32.1. The highest BCUT2D eigenvalue weighted by Crippen LogP contribution is 2.29. The Bertz CT molecular complexity index is 1250. The maximum absolute atomic E-state index is 12.9. The number of rotatable bonds is 5. The summed E-state index contributed by atoms with van der Waals surface area (Å²) in [5.74, 6) is 0.334. The maximum atomic E-state index is 12.9. The number of nitrogens with one attached hydrogen (secondary N) is 1. The molecule has 28 heavy (non-hydrogen) atoms. The Morgan fingerprint density at radius 3 is 2.75 bits per heavy atom. The van der Waals surface area contributed by atoms with Crippen molar-refractivity contribution in [1.82, 2.24) is 14.8 Å². The Labute approximate surface area is 164 Å². The van der Waals surface area contributed by atoms with Crippen LogP contribution >= 0.6 is 11.3 Å². The molecular formula is C20H18N4O3S. The molecule has 1 N–H and O–H groups in total. The van der Waals surface area contributed by atoms with Crippen molar-refractivity contribution in [1.29, 1.82) is 0 Å². The molecule has 0 aliphatic rings. The third kappa shape index (κ3) is 3.22. The smallest absolute Gasteiger partial charge is 0.278 e. The molecule has 0 fully saturated rings. The monoisotopic (exact) mass is 394 g/mol. The van der Waals surface area contributed by atoms with E-state index >= 15 is 0 Å². The molecule has 4 rings (SSSR count). The van der Waals surface area contributed by atoms with Gasteiger partial charge in [0.1, 0.15) is 5.75 Å². The summed E-state index contributed by atoms with van der Waals surface area (Å²) in [5, 5.41) is 8.60. The van der Waals surface area contributed by atoms with Gasteiger partial charge in [0.15, 0.2) is 10.8 Å². The van der Waals surface area contributed by atoms with Crippen molar-refractivity contribution < 1.29 is 9.53 Å². The van der Waals surface area contributed by atoms with E-state index in [1.165, 1.54) is 16.0 Å². The number of methoxy groups -OCH3 is 1. The number of fused-ring (bicyclic) bond motifs is 2. The van der Waals surface area contributed by atoms with E-state index in [2.05, 4.69) is 15.4 Å². The topological polar surface area (TPSA) is 86.1 Å². The Kier molecular flexibility index (Phi) is 4.79. The highest BCUT2D eigenvalue weighted by Gasteiger charge is 2.18. The number of thiazole rings is 1. The molecule has 0 aliphatic heterocycles. The van der Waals surface area contributed by atoms with Gasteiger partial charge in [0.05, 0.1) is 22.7 Å². The summed E-state index contributed by atoms with van der Waals surface area (Å²) in [7, 11) is 1.60. The Balaban J connectivity index is 1.74. The van der Waals surface area contributed by atoms with Crippen LogP contribution in [-0.2, 0) is 6.54 Å². The molecule has 2 aromatic heterocycles. The lowest BCUT2D eigenvalue weighted by molar-refractivity contribution is 0.102. The van der Waals surface area contributed by atoms with Gasteiger partial charge in [0, 0.05) is 11.9 Å². The third-order valence-corrected chi connectivity index (χ3v) is 5.27. The number of ether oxygens (including phenoxy) is 1. The first-order valence-electron chi connectivity index (χ1n) is 8.86. The van der Waals surface area contributed by atoms with Gasteiger partial charge >= 0.3 is 0 Å². The van der Waals surface area contributed by atoms with E-state index in [-0.39, 0.29) is 11.3 Å². The number of carbonyl (C=O) groups is 1. The molecule has 0 radical (unpaired) electrons. The molecule has 4 aromatic rings. The van der Waals surface area contributed by atoms with Crippen LogP contribution in [-0.4, -0.2) is 27.8 Å². The molecule has 2 aromatic carbocycles. The predicted molar refractivity (Wildman–Crippen MR) is 110 cm³/mol. The van der Waals surface area contributed by atoms with Gasteiger partial charge in [-0.05, 0) is 30.7 Å². The quantitative estimate of drug-likeness (QED) is 0.558. The molecule has 0 saturated heterocycles. The van der Waals surface area contributed by atoms with Crippen LogP contribution in [0.5, 0.6) is 5.75 Å². The molecule has 8 heteroatoms. The number of carbonyl (C=O) groups excluding carboxylic acids is 1. The molecule has 0 spiro atoms. The largest absolute Gasteiger partial charge is 0.497 e. The van der Waals surface area contributed by atoms with Crippen molar-refractivity contribution in [2.24, 2.45) is 0 Å². The normalized spacial score (nSPS) is 11.1. The van der Waals surface area contributed by atoms with Crippen molar-refractivity contribution in [3.8, 4) is 5.75 Å². The van der Waals surface area contributed by atoms with Gasteiger partial charge in [-0.1, -0.05) is 36.5 Å². The van der Waals surface area contributed by atoms with Crippen LogP contribution in [0.25, 0.3) is 21.0 Å². The lowest BCUT2D eigenvalue weighted by Crippen LogP contribution is -2.27. The van der Waals surface area contributed by atoms with E-state index in [1.54, 1.807) is 31.4 Å². The number of aromatic nitrogens is 3. The zero-order chi connectivity index (χ0) is 19.7. The number of amides is 1. The van der Waals surface area contributed by atoms with Gasteiger partial charge in [-0.2, -0.15) is 5.10 Å². The van der Waals surface area contributed by atoms with E-state index in [0.717, 1.165) is 22.4 Å². The summed E-state index contributed by atoms with van der Waals surface area (Å²) in [5.41, 5.74) is 0.788. The molecule has 7 nitrogen and oxygen atoms in total. The summed E-state index contributed by atoms with van der Waals surface area (Å²) in [6.45, 7) is 2.41. The first-order chi connectivity index (χ1) is 13.6. The van der Waals surface area contributed by atoms with Crippen molar-refractivity contribution in [2.45, 2.75) is 19.9 Å². The fourth-order valence-corrected chi connectivity index (χ4v) is 3.90. The highest BCUT2D eigenvalue weighted by molar-refractivity contribution is 7.22. The minimum atomic E-state index is -0.396. The van der Waals surface area contributed by atoms with Crippen LogP contribution in [0.2, 0.25) is 0 Å². The lowest BCUT2D eigenvalue weighted by atomic mass is 10.1. The van der Waals surface area contributed by atoms with Crippen LogP contribution in [0, 0.1) is 0 Å². The third-order valence-electron chi connectivity index (χ3n) is 4.33. The summed E-state index contributed by atoms with van der Waals surface area (Å²) < 4.78 is 7.48. The number of nitrogens with zero attached hydrogens (tertiary/aromatic N) is 3. The van der Waals surface area contributed by atoms with Crippen molar-refractivity contribution >= 4 is 43.4 Å². The maximum Gasteiger partial charge on any atom is 0.278 e. The van der Waals surface area contributed by atoms with E-state index in [0.29, 0.717) is 22.4 Å². The molecule has 0 atom stereocenters. The second kappa shape index (κ2) is 7.40. The second-order valence-corrected chi connectivity index (χ2v) is 7.26. The van der Waals surface area contributed by atoms with Gasteiger partial charge in [-0.3, -0.25) is 14.9 Å². The zero-order valence-electron chi connectivity index (χ0n) is 15.4. The predicted octanol–water partition coefficient (Wildman–Crippen LogP) is 3.68. The number of anilines is 1. The molecule has 0 saturated carbocycles. The zero-order valence-corrected chi connectivity index (χ0v) is 16.2. The van der Waals surface area contributed by atoms with E-state index < -0.39 is 5.91 Å². The molecule has 142 valence electrons. The summed E-state index contributed by atoms with van der Waals surface area (Å²) in [6, 6.07) is 12.6. The Hall–Kier alpha value is -3.26. The summed E-state index contributed by atoms with van der Waals surface area (Å²) >= 11 is 1.35. The molecule has 1 amide bonds. The second-order valence-electron chi connectivity index (χ2n) is 6.23. The number of hydrogen-bond donors (Lipinski definition) is 1. The van der Waals surface area contributed by atoms with Crippen LogP contribution in [0.3, 0.4) is 0 Å². The average Bonchev–Trinajstić information content (AvgIpc) is 3.11. The minimum absolute atomic E-state index is 0.193. The Morgan fingerprint density at radius 1 is 1.21 bits per heavy atom. The van der Waals surface area contributed by atoms with Gasteiger partial charge < -0.3 is 4.74 Å². The van der Waals surface area contributed by atoms with Crippen LogP contribution in [0.15, 0.2) is 47.3 Å². The van der Waals surface area contributed by atoms with E-state index in [1.807, 2.05) is 25.1 Å². The molecular weight excluding hydrogens is 376 g/mol. The number of hydrogen-bond acceptors (Lipinski definition) is 6. The summed E-state index contributed by atoms with van der Waals surface area (Å²) in [6.07, 6.45) is 0.742. The molecule has 0 unspecified atom stereocenters.